The number of para-hydroxylation sites is 1. The maximum Gasteiger partial charge on any atom is 0.272 e. The molecule has 4 rings (SSSR count). The van der Waals surface area contributed by atoms with Gasteiger partial charge in [-0.1, -0.05) is 31.2 Å². The standard InChI is InChI=1S/C24H27N3O3/c1-2-12-27-21-11-4-3-7-17(21)15-22(27)23(29)25-19-9-5-8-18(14-19)24(30)26-13-6-10-20(28)16-26/h3-5,7-9,11,14-15,20,28H,2,6,10,12-13,16H2,1H3,(H,25,29). The number of benzene rings is 2. The number of aryl methyl sites for hydroxylation is 1. The smallest absolute Gasteiger partial charge is 0.272 e. The van der Waals surface area contributed by atoms with Gasteiger partial charge in [0.05, 0.1) is 6.10 Å². The predicted octanol–water partition coefficient (Wildman–Crippen LogP) is 3.90. The fourth-order valence-corrected chi connectivity index (χ4v) is 4.11. The molecule has 0 spiro atoms. The van der Waals surface area contributed by atoms with Gasteiger partial charge in [0.2, 0.25) is 0 Å². The molecule has 1 aromatic heterocycles. The number of carbonyl (C=O) groups excluding carboxylic acids is 2. The van der Waals surface area contributed by atoms with E-state index in [4.69, 9.17) is 0 Å². The van der Waals surface area contributed by atoms with Crippen LogP contribution < -0.4 is 5.32 Å². The summed E-state index contributed by atoms with van der Waals surface area (Å²) in [5, 5.41) is 13.8. The minimum absolute atomic E-state index is 0.120. The maximum atomic E-state index is 13.0. The van der Waals surface area contributed by atoms with Crippen LogP contribution in [0.15, 0.2) is 54.6 Å². The number of likely N-dealkylation sites (tertiary alicyclic amines) is 1. The van der Waals surface area contributed by atoms with E-state index in [0.717, 1.165) is 36.7 Å². The van der Waals surface area contributed by atoms with Crippen LogP contribution in [0.5, 0.6) is 0 Å². The van der Waals surface area contributed by atoms with Gasteiger partial charge in [-0.3, -0.25) is 9.59 Å². The van der Waals surface area contributed by atoms with Gasteiger partial charge in [-0.15, -0.1) is 0 Å². The molecule has 2 amide bonds. The summed E-state index contributed by atoms with van der Waals surface area (Å²) in [5.41, 5.74) is 2.73. The molecule has 1 unspecified atom stereocenters. The third-order valence-corrected chi connectivity index (χ3v) is 5.54. The molecule has 30 heavy (non-hydrogen) atoms. The molecule has 1 saturated heterocycles. The fraction of sp³-hybridized carbons (Fsp3) is 0.333. The number of nitrogens with one attached hydrogen (secondary N) is 1. The number of fused-ring (bicyclic) bond motifs is 1. The van der Waals surface area contributed by atoms with Crippen LogP contribution in [0.2, 0.25) is 0 Å². The summed E-state index contributed by atoms with van der Waals surface area (Å²) in [6, 6.07) is 16.9. The molecule has 0 saturated carbocycles. The van der Waals surface area contributed by atoms with E-state index < -0.39 is 6.10 Å². The first-order chi connectivity index (χ1) is 14.6. The molecule has 1 aliphatic heterocycles. The van der Waals surface area contributed by atoms with Crippen molar-refractivity contribution in [2.45, 2.75) is 38.8 Å². The van der Waals surface area contributed by atoms with Gasteiger partial charge in [-0.25, -0.2) is 0 Å². The monoisotopic (exact) mass is 405 g/mol. The molecule has 1 aliphatic rings. The van der Waals surface area contributed by atoms with Crippen LogP contribution in [-0.4, -0.2) is 45.6 Å². The van der Waals surface area contributed by atoms with Crippen molar-refractivity contribution >= 4 is 28.4 Å². The Labute approximate surface area is 176 Å². The number of piperidine rings is 1. The Balaban J connectivity index is 1.56. The number of hydrogen-bond acceptors (Lipinski definition) is 3. The second-order valence-corrected chi connectivity index (χ2v) is 7.82. The maximum absolute atomic E-state index is 13.0. The molecule has 6 nitrogen and oxygen atoms in total. The highest BCUT2D eigenvalue weighted by Gasteiger charge is 2.23. The Kier molecular flexibility index (Phi) is 5.86. The van der Waals surface area contributed by atoms with Crippen LogP contribution in [0, 0.1) is 0 Å². The Bertz CT molecular complexity index is 1070. The number of hydrogen-bond donors (Lipinski definition) is 2. The van der Waals surface area contributed by atoms with Gasteiger partial charge in [-0.2, -0.15) is 0 Å². The number of anilines is 1. The normalized spacial score (nSPS) is 16.6. The van der Waals surface area contributed by atoms with Crippen molar-refractivity contribution in [1.82, 2.24) is 9.47 Å². The van der Waals surface area contributed by atoms with Crippen molar-refractivity contribution in [2.75, 3.05) is 18.4 Å². The van der Waals surface area contributed by atoms with Gasteiger partial charge in [0.15, 0.2) is 0 Å². The molecule has 0 aliphatic carbocycles. The van der Waals surface area contributed by atoms with Gasteiger partial charge >= 0.3 is 0 Å². The second kappa shape index (κ2) is 8.71. The SMILES string of the molecule is CCCn1c(C(=O)Nc2cccc(C(=O)N3CCCC(O)C3)c2)cc2ccccc21. The van der Waals surface area contributed by atoms with Crippen LogP contribution >= 0.6 is 0 Å². The van der Waals surface area contributed by atoms with Crippen molar-refractivity contribution in [3.05, 3.63) is 65.9 Å². The third-order valence-electron chi connectivity index (χ3n) is 5.54. The van der Waals surface area contributed by atoms with Gasteiger partial charge in [0, 0.05) is 41.8 Å². The van der Waals surface area contributed by atoms with Gasteiger partial charge in [0.25, 0.3) is 11.8 Å². The molecule has 3 aromatic rings. The Morgan fingerprint density at radius 3 is 2.77 bits per heavy atom. The number of β-amino-alcohol motifs (C(OH)–C–C–N with tert-alkyl or cyclic N) is 1. The molecule has 156 valence electrons. The number of rotatable bonds is 5. The van der Waals surface area contributed by atoms with E-state index in [1.807, 2.05) is 34.9 Å². The molecule has 0 bridgehead atoms. The largest absolute Gasteiger partial charge is 0.391 e. The lowest BCUT2D eigenvalue weighted by atomic mass is 10.1. The zero-order valence-corrected chi connectivity index (χ0v) is 17.2. The van der Waals surface area contributed by atoms with Crippen molar-refractivity contribution < 1.29 is 14.7 Å². The highest BCUT2D eigenvalue weighted by atomic mass is 16.3. The quantitative estimate of drug-likeness (QED) is 0.676. The minimum Gasteiger partial charge on any atom is -0.391 e. The molecular weight excluding hydrogens is 378 g/mol. The Morgan fingerprint density at radius 1 is 1.13 bits per heavy atom. The molecule has 1 fully saturated rings. The number of aromatic nitrogens is 1. The average molecular weight is 405 g/mol. The highest BCUT2D eigenvalue weighted by molar-refractivity contribution is 6.07. The summed E-state index contributed by atoms with van der Waals surface area (Å²) in [6.45, 7) is 3.84. The van der Waals surface area contributed by atoms with Crippen molar-refractivity contribution in [3.63, 3.8) is 0 Å². The first-order valence-corrected chi connectivity index (χ1v) is 10.5. The number of aliphatic hydroxyl groups excluding tert-OH is 1. The highest BCUT2D eigenvalue weighted by Crippen LogP contribution is 2.22. The molecule has 2 aromatic carbocycles. The summed E-state index contributed by atoms with van der Waals surface area (Å²) >= 11 is 0. The first-order valence-electron chi connectivity index (χ1n) is 10.5. The molecule has 2 heterocycles. The predicted molar refractivity (Wildman–Crippen MR) is 118 cm³/mol. The summed E-state index contributed by atoms with van der Waals surface area (Å²) in [6.07, 6.45) is 1.98. The van der Waals surface area contributed by atoms with Crippen molar-refractivity contribution in [1.29, 1.82) is 0 Å². The van der Waals surface area contributed by atoms with Gasteiger partial charge in [-0.05, 0) is 49.6 Å². The molecule has 2 N–H and O–H groups in total. The van der Waals surface area contributed by atoms with E-state index in [0.29, 0.717) is 30.0 Å². The summed E-state index contributed by atoms with van der Waals surface area (Å²) in [5.74, 6) is -0.317. The molecule has 6 heteroatoms. The second-order valence-electron chi connectivity index (χ2n) is 7.82. The minimum atomic E-state index is -0.467. The van der Waals surface area contributed by atoms with Crippen LogP contribution in [-0.2, 0) is 6.54 Å². The fourth-order valence-electron chi connectivity index (χ4n) is 4.11. The lowest BCUT2D eigenvalue weighted by Crippen LogP contribution is -2.42. The van der Waals surface area contributed by atoms with Crippen LogP contribution in [0.3, 0.4) is 0 Å². The van der Waals surface area contributed by atoms with Crippen LogP contribution in [0.1, 0.15) is 47.0 Å². The van der Waals surface area contributed by atoms with E-state index in [1.54, 1.807) is 29.2 Å². The number of nitrogens with zero attached hydrogens (tertiary/aromatic N) is 2. The van der Waals surface area contributed by atoms with E-state index in [1.165, 1.54) is 0 Å². The number of aliphatic hydroxyl groups is 1. The first kappa shape index (κ1) is 20.2. The third kappa shape index (κ3) is 4.09. The summed E-state index contributed by atoms with van der Waals surface area (Å²) in [7, 11) is 0. The van der Waals surface area contributed by atoms with Crippen molar-refractivity contribution in [2.24, 2.45) is 0 Å². The summed E-state index contributed by atoms with van der Waals surface area (Å²) in [4.78, 5) is 27.5. The summed E-state index contributed by atoms with van der Waals surface area (Å²) < 4.78 is 2.04. The number of carbonyl (C=O) groups is 2. The van der Waals surface area contributed by atoms with Gasteiger partial charge < -0.3 is 19.9 Å². The number of amides is 2. The zero-order chi connectivity index (χ0) is 21.1. The molecule has 1 atom stereocenters. The lowest BCUT2D eigenvalue weighted by molar-refractivity contribution is 0.0474. The van der Waals surface area contributed by atoms with E-state index in [9.17, 15) is 14.7 Å². The van der Waals surface area contributed by atoms with E-state index in [2.05, 4.69) is 12.2 Å². The lowest BCUT2D eigenvalue weighted by Gasteiger charge is -2.30. The molecular formula is C24H27N3O3. The van der Waals surface area contributed by atoms with Crippen molar-refractivity contribution in [3.8, 4) is 0 Å². The zero-order valence-electron chi connectivity index (χ0n) is 17.2. The van der Waals surface area contributed by atoms with Crippen LogP contribution in [0.4, 0.5) is 5.69 Å². The average Bonchev–Trinajstić information content (AvgIpc) is 3.12. The Morgan fingerprint density at radius 2 is 1.97 bits per heavy atom. The van der Waals surface area contributed by atoms with Crippen LogP contribution in [0.25, 0.3) is 10.9 Å². The molecule has 0 radical (unpaired) electrons. The van der Waals surface area contributed by atoms with E-state index >= 15 is 0 Å². The van der Waals surface area contributed by atoms with E-state index in [-0.39, 0.29) is 11.8 Å². The topological polar surface area (TPSA) is 74.6 Å². The Hall–Kier alpha value is -3.12. The van der Waals surface area contributed by atoms with Gasteiger partial charge in [0.1, 0.15) is 5.69 Å².